The van der Waals surface area contributed by atoms with E-state index < -0.39 is 7.60 Å². The predicted molar refractivity (Wildman–Crippen MR) is 110 cm³/mol. The normalized spacial score (nSPS) is 11.5. The molecule has 3 N–H and O–H groups in total. The van der Waals surface area contributed by atoms with Gasteiger partial charge >= 0.3 is 7.60 Å². The Morgan fingerprint density at radius 3 is 2.15 bits per heavy atom. The molecule has 0 radical (unpaired) electrons. The fraction of sp³-hybridized carbons (Fsp3) is 0.429. The van der Waals surface area contributed by atoms with Crippen LogP contribution in [0.5, 0.6) is 5.75 Å². The van der Waals surface area contributed by atoms with Crippen LogP contribution in [0.1, 0.15) is 38.2 Å². The quantitative estimate of drug-likeness (QED) is 0.365. The number of ether oxygens (including phenoxy) is 1. The van der Waals surface area contributed by atoms with Gasteiger partial charge in [-0.15, -0.1) is 0 Å². The van der Waals surface area contributed by atoms with Gasteiger partial charge in [-0.2, -0.15) is 0 Å². The summed E-state index contributed by atoms with van der Waals surface area (Å²) < 4.78 is 16.5. The summed E-state index contributed by atoms with van der Waals surface area (Å²) in [6.45, 7) is 4.23. The van der Waals surface area contributed by atoms with Crippen molar-refractivity contribution in [1.82, 2.24) is 5.32 Å². The maximum atomic E-state index is 10.8. The Bertz CT molecular complexity index is 710. The largest absolute Gasteiger partial charge is 0.494 e. The fourth-order valence-electron chi connectivity index (χ4n) is 2.74. The molecule has 0 spiro atoms. The molecule has 0 aromatic heterocycles. The van der Waals surface area contributed by atoms with Gasteiger partial charge < -0.3 is 19.8 Å². The van der Waals surface area contributed by atoms with Gasteiger partial charge in [0, 0.05) is 6.54 Å². The first-order chi connectivity index (χ1) is 13.0. The average molecular weight is 391 g/mol. The Hall–Kier alpha value is -1.65. The summed E-state index contributed by atoms with van der Waals surface area (Å²) in [7, 11) is -3.88. The highest BCUT2D eigenvalue weighted by Crippen LogP contribution is 2.34. The van der Waals surface area contributed by atoms with Gasteiger partial charge in [0.25, 0.3) is 0 Å². The van der Waals surface area contributed by atoms with Crippen molar-refractivity contribution in [1.29, 1.82) is 0 Å². The van der Waals surface area contributed by atoms with Crippen molar-refractivity contribution in [2.24, 2.45) is 0 Å². The van der Waals surface area contributed by atoms with E-state index in [-0.39, 0.29) is 6.16 Å². The van der Waals surface area contributed by atoms with Crippen LogP contribution in [0.4, 0.5) is 0 Å². The molecule has 0 atom stereocenters. The lowest BCUT2D eigenvalue weighted by Gasteiger charge is -2.09. The Labute approximate surface area is 161 Å². The summed E-state index contributed by atoms with van der Waals surface area (Å²) in [6.07, 6.45) is 3.88. The van der Waals surface area contributed by atoms with Crippen molar-refractivity contribution in [3.05, 3.63) is 54.1 Å². The lowest BCUT2D eigenvalue weighted by Crippen LogP contribution is -2.15. The molecule has 2 aromatic rings. The molecule has 0 heterocycles. The molecule has 0 bridgehead atoms. The molecule has 0 fully saturated rings. The number of hydrogen-bond acceptors (Lipinski definition) is 3. The summed E-state index contributed by atoms with van der Waals surface area (Å²) in [4.78, 5) is 17.7. The summed E-state index contributed by atoms with van der Waals surface area (Å²) >= 11 is 0. The Morgan fingerprint density at radius 2 is 1.56 bits per heavy atom. The zero-order valence-electron chi connectivity index (χ0n) is 15.9. The Kier molecular flexibility index (Phi) is 9.02. The topological polar surface area (TPSA) is 78.8 Å². The van der Waals surface area contributed by atoms with Crippen LogP contribution in [0.15, 0.2) is 48.5 Å². The van der Waals surface area contributed by atoms with E-state index in [1.165, 1.54) is 12.8 Å². The van der Waals surface area contributed by atoms with E-state index in [4.69, 9.17) is 14.5 Å². The molecule has 2 aromatic carbocycles. The SMILES string of the molecule is CCCCCOc1ccc(-c2ccc(CNCCCP(=O)(O)O)cc2)cc1. The molecule has 0 saturated carbocycles. The molecule has 2 rings (SSSR count). The van der Waals surface area contributed by atoms with Gasteiger partial charge in [0.05, 0.1) is 12.8 Å². The van der Waals surface area contributed by atoms with Gasteiger partial charge in [0.1, 0.15) is 5.75 Å². The first kappa shape index (κ1) is 21.6. The average Bonchev–Trinajstić information content (AvgIpc) is 2.65. The second-order valence-electron chi connectivity index (χ2n) is 6.70. The van der Waals surface area contributed by atoms with Crippen LogP contribution in [0.25, 0.3) is 11.1 Å². The molecule has 0 amide bonds. The van der Waals surface area contributed by atoms with Crippen LogP contribution >= 0.6 is 7.60 Å². The molecular formula is C21H30NO4P. The molecule has 6 heteroatoms. The van der Waals surface area contributed by atoms with E-state index in [1.807, 2.05) is 12.1 Å². The van der Waals surface area contributed by atoms with E-state index in [1.54, 1.807) is 0 Å². The number of unbranched alkanes of at least 4 members (excludes halogenated alkanes) is 2. The van der Waals surface area contributed by atoms with Crippen LogP contribution in [0.2, 0.25) is 0 Å². The van der Waals surface area contributed by atoms with Gasteiger partial charge in [0.2, 0.25) is 0 Å². The molecule has 0 aliphatic heterocycles. The standard InChI is InChI=1S/C21H30NO4P/c1-2-3-4-15-26-21-12-10-20(11-13-21)19-8-6-18(7-9-19)17-22-14-5-16-27(23,24)25/h6-13,22H,2-5,14-17H2,1H3,(H2,23,24,25). The number of benzene rings is 2. The van der Waals surface area contributed by atoms with Gasteiger partial charge in [-0.05, 0) is 48.2 Å². The van der Waals surface area contributed by atoms with E-state index in [0.717, 1.165) is 35.5 Å². The maximum Gasteiger partial charge on any atom is 0.325 e. The van der Waals surface area contributed by atoms with E-state index in [9.17, 15) is 4.57 Å². The van der Waals surface area contributed by atoms with Crippen molar-refractivity contribution in [2.75, 3.05) is 19.3 Å². The van der Waals surface area contributed by atoms with Crippen molar-refractivity contribution in [3.63, 3.8) is 0 Å². The molecule has 148 valence electrons. The number of rotatable bonds is 12. The highest BCUT2D eigenvalue weighted by molar-refractivity contribution is 7.51. The smallest absolute Gasteiger partial charge is 0.325 e. The first-order valence-corrected chi connectivity index (χ1v) is 11.3. The van der Waals surface area contributed by atoms with Gasteiger partial charge in [-0.1, -0.05) is 56.2 Å². The Morgan fingerprint density at radius 1 is 0.926 bits per heavy atom. The molecule has 5 nitrogen and oxygen atoms in total. The number of nitrogens with one attached hydrogen (secondary N) is 1. The maximum absolute atomic E-state index is 10.8. The third-order valence-electron chi connectivity index (χ3n) is 4.29. The minimum atomic E-state index is -3.88. The summed E-state index contributed by atoms with van der Waals surface area (Å²) in [5.74, 6) is 0.908. The molecule has 0 saturated heterocycles. The lowest BCUT2D eigenvalue weighted by molar-refractivity contribution is 0.306. The summed E-state index contributed by atoms with van der Waals surface area (Å²) in [5, 5.41) is 3.21. The fourth-order valence-corrected chi connectivity index (χ4v) is 3.31. The molecule has 0 aliphatic carbocycles. The van der Waals surface area contributed by atoms with Gasteiger partial charge in [-0.3, -0.25) is 4.57 Å². The van der Waals surface area contributed by atoms with E-state index >= 15 is 0 Å². The monoisotopic (exact) mass is 391 g/mol. The van der Waals surface area contributed by atoms with Crippen molar-refractivity contribution in [3.8, 4) is 16.9 Å². The van der Waals surface area contributed by atoms with Gasteiger partial charge in [-0.25, -0.2) is 0 Å². The summed E-state index contributed by atoms with van der Waals surface area (Å²) in [5.41, 5.74) is 3.45. The highest BCUT2D eigenvalue weighted by Gasteiger charge is 2.10. The predicted octanol–water partition coefficient (Wildman–Crippen LogP) is 4.58. The Balaban J connectivity index is 1.78. The van der Waals surface area contributed by atoms with E-state index in [2.05, 4.69) is 48.6 Å². The zero-order chi connectivity index (χ0) is 19.5. The van der Waals surface area contributed by atoms with Crippen LogP contribution in [-0.2, 0) is 11.1 Å². The summed E-state index contributed by atoms with van der Waals surface area (Å²) in [6, 6.07) is 16.5. The second-order valence-corrected chi connectivity index (χ2v) is 8.47. The van der Waals surface area contributed by atoms with E-state index in [0.29, 0.717) is 19.5 Å². The van der Waals surface area contributed by atoms with Crippen molar-refractivity contribution in [2.45, 2.75) is 39.2 Å². The van der Waals surface area contributed by atoms with Crippen molar-refractivity contribution < 1.29 is 19.1 Å². The molecule has 27 heavy (non-hydrogen) atoms. The minimum absolute atomic E-state index is 0.0722. The third-order valence-corrected chi connectivity index (χ3v) is 5.19. The zero-order valence-corrected chi connectivity index (χ0v) is 16.8. The first-order valence-electron chi connectivity index (χ1n) is 9.55. The minimum Gasteiger partial charge on any atom is -0.494 e. The lowest BCUT2D eigenvalue weighted by atomic mass is 10.0. The van der Waals surface area contributed by atoms with Crippen LogP contribution in [0.3, 0.4) is 0 Å². The van der Waals surface area contributed by atoms with Crippen LogP contribution in [-0.4, -0.2) is 29.1 Å². The highest BCUT2D eigenvalue weighted by atomic mass is 31.2. The second kappa shape index (κ2) is 11.3. The van der Waals surface area contributed by atoms with Crippen LogP contribution in [0, 0.1) is 0 Å². The van der Waals surface area contributed by atoms with Gasteiger partial charge in [0.15, 0.2) is 0 Å². The van der Waals surface area contributed by atoms with Crippen molar-refractivity contribution >= 4 is 7.60 Å². The molecular weight excluding hydrogens is 361 g/mol. The molecule has 0 unspecified atom stereocenters. The molecule has 0 aliphatic rings. The third kappa shape index (κ3) is 8.72. The van der Waals surface area contributed by atoms with Crippen LogP contribution < -0.4 is 10.1 Å². The number of hydrogen-bond donors (Lipinski definition) is 3.